The van der Waals surface area contributed by atoms with E-state index in [4.69, 9.17) is 4.74 Å². The highest BCUT2D eigenvalue weighted by atomic mass is 16.5. The molecule has 0 unspecified atom stereocenters. The fraction of sp³-hybridized carbons (Fsp3) is 0.286. The Balaban J connectivity index is 1.65. The van der Waals surface area contributed by atoms with Gasteiger partial charge < -0.3 is 4.74 Å². The number of rotatable bonds is 4. The molecule has 24 heavy (non-hydrogen) atoms. The van der Waals surface area contributed by atoms with Crippen molar-refractivity contribution in [3.05, 3.63) is 77.9 Å². The van der Waals surface area contributed by atoms with Crippen LogP contribution in [0.3, 0.4) is 0 Å². The number of carbonyl (C=O) groups is 1. The van der Waals surface area contributed by atoms with E-state index in [1.807, 2.05) is 18.2 Å². The molecule has 1 fully saturated rings. The van der Waals surface area contributed by atoms with Crippen LogP contribution in [0.5, 0.6) is 5.75 Å². The van der Waals surface area contributed by atoms with Gasteiger partial charge in [-0.05, 0) is 35.8 Å². The molecule has 3 nitrogen and oxygen atoms in total. The molecule has 4 rings (SSSR count). The Kier molecular flexibility index (Phi) is 3.95. The van der Waals surface area contributed by atoms with Crippen molar-refractivity contribution in [2.75, 3.05) is 7.11 Å². The van der Waals surface area contributed by atoms with Crippen molar-refractivity contribution in [1.82, 2.24) is 4.90 Å². The van der Waals surface area contributed by atoms with Crippen LogP contribution in [0.25, 0.3) is 0 Å². The van der Waals surface area contributed by atoms with E-state index >= 15 is 0 Å². The molecule has 0 N–H and O–H groups in total. The van der Waals surface area contributed by atoms with Crippen LogP contribution in [-0.4, -0.2) is 29.9 Å². The third-order valence-electron chi connectivity index (χ3n) is 5.19. The summed E-state index contributed by atoms with van der Waals surface area (Å²) >= 11 is 0. The predicted octanol–water partition coefficient (Wildman–Crippen LogP) is 3.56. The van der Waals surface area contributed by atoms with Gasteiger partial charge in [-0.1, -0.05) is 48.5 Å². The third-order valence-corrected chi connectivity index (χ3v) is 5.19. The van der Waals surface area contributed by atoms with E-state index < -0.39 is 0 Å². The van der Waals surface area contributed by atoms with Crippen molar-refractivity contribution < 1.29 is 9.53 Å². The van der Waals surface area contributed by atoms with E-state index in [2.05, 4.69) is 47.4 Å². The van der Waals surface area contributed by atoms with Gasteiger partial charge in [0.05, 0.1) is 13.2 Å². The van der Waals surface area contributed by atoms with Crippen LogP contribution in [0.1, 0.15) is 23.5 Å². The molecule has 0 amide bonds. The fourth-order valence-electron chi connectivity index (χ4n) is 4.00. The highest BCUT2D eigenvalue weighted by Gasteiger charge is 2.45. The zero-order chi connectivity index (χ0) is 16.5. The lowest BCUT2D eigenvalue weighted by Gasteiger charge is -2.31. The lowest BCUT2D eigenvalue weighted by Crippen LogP contribution is -2.42. The zero-order valence-electron chi connectivity index (χ0n) is 13.8. The minimum absolute atomic E-state index is 0.0172. The topological polar surface area (TPSA) is 29.5 Å². The summed E-state index contributed by atoms with van der Waals surface area (Å²) < 4.78 is 5.37. The molecule has 0 aliphatic carbocycles. The van der Waals surface area contributed by atoms with Crippen LogP contribution in [0.15, 0.2) is 66.7 Å². The summed E-state index contributed by atoms with van der Waals surface area (Å²) in [4.78, 5) is 14.7. The predicted molar refractivity (Wildman–Crippen MR) is 94.1 cm³/mol. The second-order valence-electron chi connectivity index (χ2n) is 6.54. The largest absolute Gasteiger partial charge is 0.497 e. The van der Waals surface area contributed by atoms with E-state index in [0.29, 0.717) is 5.92 Å². The Labute approximate surface area is 142 Å². The highest BCUT2D eigenvalue weighted by molar-refractivity contribution is 5.96. The molecule has 0 spiro atoms. The molecule has 0 radical (unpaired) electrons. The Morgan fingerprint density at radius 1 is 1.12 bits per heavy atom. The first-order valence-electron chi connectivity index (χ1n) is 8.42. The molecule has 3 atom stereocenters. The summed E-state index contributed by atoms with van der Waals surface area (Å²) in [6.07, 6.45) is 4.73. The first-order valence-corrected chi connectivity index (χ1v) is 8.42. The standard InChI is InChI=1S/C21H21NO2/c1-24-17-9-5-8-16(12-17)18-13-20-21(23)11-10-19(18)22(20)14-15-6-3-2-4-7-15/h2-12,18-20H,13-14H2,1H3/t18-,19+,20-/m0/s1. The first kappa shape index (κ1) is 15.2. The van der Waals surface area contributed by atoms with E-state index in [1.165, 1.54) is 11.1 Å². The Morgan fingerprint density at radius 2 is 1.96 bits per heavy atom. The zero-order valence-corrected chi connectivity index (χ0v) is 13.8. The van der Waals surface area contributed by atoms with Crippen molar-refractivity contribution in [2.24, 2.45) is 0 Å². The van der Waals surface area contributed by atoms with Crippen LogP contribution < -0.4 is 4.74 Å². The van der Waals surface area contributed by atoms with Gasteiger partial charge in [-0.15, -0.1) is 0 Å². The monoisotopic (exact) mass is 319 g/mol. The molecule has 3 heteroatoms. The average Bonchev–Trinajstić information content (AvgIpc) is 2.89. The van der Waals surface area contributed by atoms with E-state index in [-0.39, 0.29) is 17.9 Å². The maximum absolute atomic E-state index is 12.4. The van der Waals surface area contributed by atoms with Gasteiger partial charge in [0.1, 0.15) is 5.75 Å². The number of hydrogen-bond acceptors (Lipinski definition) is 3. The molecular formula is C21H21NO2. The van der Waals surface area contributed by atoms with Gasteiger partial charge in [0.25, 0.3) is 0 Å². The van der Waals surface area contributed by atoms with E-state index in [1.54, 1.807) is 13.2 Å². The average molecular weight is 319 g/mol. The number of benzene rings is 2. The van der Waals surface area contributed by atoms with Gasteiger partial charge in [-0.25, -0.2) is 0 Å². The van der Waals surface area contributed by atoms with Gasteiger partial charge in [0.2, 0.25) is 0 Å². The number of nitrogens with zero attached hydrogens (tertiary/aromatic N) is 1. The van der Waals surface area contributed by atoms with Crippen molar-refractivity contribution in [3.8, 4) is 5.75 Å². The second-order valence-corrected chi connectivity index (χ2v) is 6.54. The molecule has 2 aromatic carbocycles. The van der Waals surface area contributed by atoms with Crippen LogP contribution >= 0.6 is 0 Å². The fourth-order valence-corrected chi connectivity index (χ4v) is 4.00. The van der Waals surface area contributed by atoms with Gasteiger partial charge in [0.15, 0.2) is 5.78 Å². The van der Waals surface area contributed by atoms with Gasteiger partial charge in [0, 0.05) is 18.5 Å². The van der Waals surface area contributed by atoms with E-state index in [9.17, 15) is 4.79 Å². The van der Waals surface area contributed by atoms with Crippen molar-refractivity contribution >= 4 is 5.78 Å². The maximum atomic E-state index is 12.4. The van der Waals surface area contributed by atoms with Crippen molar-refractivity contribution in [1.29, 1.82) is 0 Å². The van der Waals surface area contributed by atoms with E-state index in [0.717, 1.165) is 18.7 Å². The number of ketones is 1. The highest BCUT2D eigenvalue weighted by Crippen LogP contribution is 2.42. The molecule has 2 bridgehead atoms. The number of methoxy groups -OCH3 is 1. The smallest absolute Gasteiger partial charge is 0.172 e. The quantitative estimate of drug-likeness (QED) is 0.863. The maximum Gasteiger partial charge on any atom is 0.172 e. The first-order chi connectivity index (χ1) is 11.8. The second kappa shape index (κ2) is 6.25. The van der Waals surface area contributed by atoms with Crippen LogP contribution in [0.4, 0.5) is 0 Å². The molecule has 122 valence electrons. The summed E-state index contributed by atoms with van der Waals surface area (Å²) in [5.41, 5.74) is 2.50. The molecule has 0 aromatic heterocycles. The summed E-state index contributed by atoms with van der Waals surface area (Å²) in [6.45, 7) is 0.812. The molecular weight excluding hydrogens is 298 g/mol. The minimum atomic E-state index is -0.0172. The summed E-state index contributed by atoms with van der Waals surface area (Å²) in [5, 5.41) is 0. The summed E-state index contributed by atoms with van der Waals surface area (Å²) in [6, 6.07) is 18.9. The minimum Gasteiger partial charge on any atom is -0.497 e. The Morgan fingerprint density at radius 3 is 2.75 bits per heavy atom. The number of ether oxygens (including phenoxy) is 1. The molecule has 0 saturated carbocycles. The molecule has 2 aromatic rings. The lowest BCUT2D eigenvalue weighted by molar-refractivity contribution is -0.119. The van der Waals surface area contributed by atoms with Gasteiger partial charge in [-0.2, -0.15) is 0 Å². The Bertz CT molecular complexity index is 768. The number of hydrogen-bond donors (Lipinski definition) is 0. The lowest BCUT2D eigenvalue weighted by atomic mass is 9.91. The normalized spacial score (nSPS) is 25.9. The molecule has 1 saturated heterocycles. The molecule has 2 aliphatic rings. The van der Waals surface area contributed by atoms with Crippen LogP contribution in [-0.2, 0) is 11.3 Å². The van der Waals surface area contributed by atoms with Gasteiger partial charge >= 0.3 is 0 Å². The van der Waals surface area contributed by atoms with Crippen molar-refractivity contribution in [2.45, 2.75) is 31.0 Å². The third kappa shape index (κ3) is 2.65. The molecule has 2 aliphatic heterocycles. The van der Waals surface area contributed by atoms with Crippen LogP contribution in [0.2, 0.25) is 0 Å². The summed E-state index contributed by atoms with van der Waals surface area (Å²) in [7, 11) is 1.69. The number of carbonyl (C=O) groups excluding carboxylic acids is 1. The van der Waals surface area contributed by atoms with Gasteiger partial charge in [-0.3, -0.25) is 9.69 Å². The molecule has 2 heterocycles. The SMILES string of the molecule is COc1cccc([C@@H]2C[C@H]3C(=O)C=C[C@H]2N3Cc2ccccc2)c1. The van der Waals surface area contributed by atoms with Crippen molar-refractivity contribution in [3.63, 3.8) is 0 Å². The van der Waals surface area contributed by atoms with Crippen LogP contribution in [0, 0.1) is 0 Å². The Hall–Kier alpha value is -2.39. The number of fused-ring (bicyclic) bond motifs is 2. The summed E-state index contributed by atoms with van der Waals surface area (Å²) in [5.74, 6) is 1.43.